The molecule has 1 fully saturated rings. The van der Waals surface area contributed by atoms with E-state index in [4.69, 9.17) is 4.74 Å². The van der Waals surface area contributed by atoms with Crippen molar-refractivity contribution in [3.63, 3.8) is 0 Å². The van der Waals surface area contributed by atoms with Gasteiger partial charge in [-0.15, -0.1) is 0 Å². The average molecular weight is 439 g/mol. The third kappa shape index (κ3) is 3.81. The smallest absolute Gasteiger partial charge is 0.264 e. The Morgan fingerprint density at radius 1 is 1.34 bits per heavy atom. The summed E-state index contributed by atoms with van der Waals surface area (Å²) in [5, 5.41) is 0.658. The maximum absolute atomic E-state index is 13.0. The normalized spacial score (nSPS) is 19.9. The molecular formula is C18H22N4O5S2. The second kappa shape index (κ2) is 7.54. The van der Waals surface area contributed by atoms with Gasteiger partial charge in [-0.3, -0.25) is 9.59 Å². The van der Waals surface area contributed by atoms with Crippen molar-refractivity contribution in [2.75, 3.05) is 26.5 Å². The Labute approximate surface area is 172 Å². The lowest BCUT2D eigenvalue weighted by Gasteiger charge is -2.28. The quantitative estimate of drug-likeness (QED) is 0.766. The molecule has 0 bridgehead atoms. The fourth-order valence-corrected chi connectivity index (χ4v) is 5.41. The number of nitrogens with zero attached hydrogens (tertiary/aromatic N) is 3. The highest BCUT2D eigenvalue weighted by atomic mass is 32.2. The molecule has 2 aromatic heterocycles. The minimum Gasteiger partial charge on any atom is -0.487 e. The molecule has 0 radical (unpaired) electrons. The van der Waals surface area contributed by atoms with Gasteiger partial charge in [0, 0.05) is 18.7 Å². The molecule has 156 valence electrons. The maximum Gasteiger partial charge on any atom is 0.264 e. The van der Waals surface area contributed by atoms with Gasteiger partial charge in [-0.05, 0) is 31.4 Å². The lowest BCUT2D eigenvalue weighted by atomic mass is 10.1. The van der Waals surface area contributed by atoms with Crippen LogP contribution in [0.2, 0.25) is 0 Å². The van der Waals surface area contributed by atoms with Crippen LogP contribution in [0.3, 0.4) is 0 Å². The number of hydrogen-bond donors (Lipinski definition) is 1. The lowest BCUT2D eigenvalue weighted by molar-refractivity contribution is 0.0734. The summed E-state index contributed by atoms with van der Waals surface area (Å²) in [6, 6.07) is 3.14. The van der Waals surface area contributed by atoms with Crippen LogP contribution in [0.25, 0.3) is 0 Å². The molecule has 2 aliphatic rings. The third-order valence-corrected chi connectivity index (χ3v) is 7.63. The Balaban J connectivity index is 1.65. The highest BCUT2D eigenvalue weighted by Gasteiger charge is 2.34. The van der Waals surface area contributed by atoms with Crippen LogP contribution in [-0.4, -0.2) is 60.0 Å². The molecule has 2 aliphatic heterocycles. The zero-order valence-corrected chi connectivity index (χ0v) is 17.8. The molecular weight excluding hydrogens is 416 g/mol. The fraction of sp³-hybridized carbons (Fsp3) is 0.500. The Kier molecular flexibility index (Phi) is 5.21. The molecule has 9 nitrogen and oxygen atoms in total. The third-order valence-electron chi connectivity index (χ3n) is 5.35. The standard InChI is InChI=1S/C18H22N4O5S2/c1-27-15-6-5-14(28-15)18(24)22-8-3-4-13(22)16-19-12-10-21(29(2,25)26)9-7-11(12)17(23)20-16/h5-6,13H,3-4,7-10H2,1-2H3,(H,19,20,23)/t13-/m0/s1. The van der Waals surface area contributed by atoms with Crippen LogP contribution in [-0.2, 0) is 23.0 Å². The van der Waals surface area contributed by atoms with Gasteiger partial charge < -0.3 is 14.6 Å². The molecule has 1 atom stereocenters. The van der Waals surface area contributed by atoms with Gasteiger partial charge in [0.1, 0.15) is 5.82 Å². The maximum atomic E-state index is 13.0. The number of thiophene rings is 1. The van der Waals surface area contributed by atoms with Gasteiger partial charge in [0.2, 0.25) is 10.0 Å². The average Bonchev–Trinajstić information content (AvgIpc) is 3.35. The van der Waals surface area contributed by atoms with E-state index in [1.54, 1.807) is 24.1 Å². The van der Waals surface area contributed by atoms with Crippen molar-refractivity contribution in [1.82, 2.24) is 19.2 Å². The van der Waals surface area contributed by atoms with E-state index in [1.807, 2.05) is 0 Å². The van der Waals surface area contributed by atoms with Gasteiger partial charge in [-0.1, -0.05) is 11.3 Å². The Bertz CT molecular complexity index is 1110. The number of sulfonamides is 1. The summed E-state index contributed by atoms with van der Waals surface area (Å²) < 4.78 is 30.3. The second-order valence-electron chi connectivity index (χ2n) is 7.20. The monoisotopic (exact) mass is 438 g/mol. The SMILES string of the molecule is COc1ccc(C(=O)N2CCC[C@H]2c2nc3c(c(=O)[nH]2)CCN(S(C)(=O)=O)C3)s1. The topological polar surface area (TPSA) is 113 Å². The second-order valence-corrected chi connectivity index (χ2v) is 10.2. The zero-order valence-electron chi connectivity index (χ0n) is 16.2. The first-order valence-electron chi connectivity index (χ1n) is 9.30. The van der Waals surface area contributed by atoms with Gasteiger partial charge >= 0.3 is 0 Å². The highest BCUT2D eigenvalue weighted by molar-refractivity contribution is 7.88. The van der Waals surface area contributed by atoms with Crippen LogP contribution in [0.4, 0.5) is 0 Å². The first-order valence-corrected chi connectivity index (χ1v) is 12.0. The number of H-pyrrole nitrogens is 1. The van der Waals surface area contributed by atoms with Crippen LogP contribution < -0.4 is 10.3 Å². The number of hydrogen-bond acceptors (Lipinski definition) is 7. The summed E-state index contributed by atoms with van der Waals surface area (Å²) >= 11 is 1.27. The van der Waals surface area contributed by atoms with Crippen molar-refractivity contribution >= 4 is 27.3 Å². The van der Waals surface area contributed by atoms with Crippen molar-refractivity contribution in [2.45, 2.75) is 31.8 Å². The number of aromatic amines is 1. The molecule has 1 N–H and O–H groups in total. The van der Waals surface area contributed by atoms with Gasteiger partial charge in [-0.2, -0.15) is 4.31 Å². The molecule has 2 aromatic rings. The minimum absolute atomic E-state index is 0.0773. The van der Waals surface area contributed by atoms with Gasteiger partial charge in [-0.25, -0.2) is 13.4 Å². The van der Waals surface area contributed by atoms with Gasteiger partial charge in [0.25, 0.3) is 11.5 Å². The number of carbonyl (C=O) groups excluding carboxylic acids is 1. The molecule has 29 heavy (non-hydrogen) atoms. The number of ether oxygens (including phenoxy) is 1. The molecule has 0 unspecified atom stereocenters. The first-order chi connectivity index (χ1) is 13.8. The summed E-state index contributed by atoms with van der Waals surface area (Å²) in [6.07, 6.45) is 2.97. The highest BCUT2D eigenvalue weighted by Crippen LogP contribution is 2.34. The number of carbonyl (C=O) groups is 1. The first kappa shape index (κ1) is 20.0. The van der Waals surface area contributed by atoms with E-state index >= 15 is 0 Å². The zero-order chi connectivity index (χ0) is 20.8. The van der Waals surface area contributed by atoms with E-state index in [-0.39, 0.29) is 30.6 Å². The molecule has 0 saturated carbocycles. The molecule has 4 heterocycles. The molecule has 0 spiro atoms. The van der Waals surface area contributed by atoms with E-state index in [9.17, 15) is 18.0 Å². The van der Waals surface area contributed by atoms with Crippen LogP contribution in [0, 0.1) is 0 Å². The van der Waals surface area contributed by atoms with Crippen molar-refractivity contribution < 1.29 is 17.9 Å². The number of fused-ring (bicyclic) bond motifs is 1. The van der Waals surface area contributed by atoms with Crippen LogP contribution in [0.15, 0.2) is 16.9 Å². The molecule has 4 rings (SSSR count). The van der Waals surface area contributed by atoms with Gasteiger partial charge in [0.15, 0.2) is 5.06 Å². The number of aromatic nitrogens is 2. The van der Waals surface area contributed by atoms with Gasteiger partial charge in [0.05, 0.1) is 36.5 Å². The van der Waals surface area contributed by atoms with E-state index in [0.29, 0.717) is 46.4 Å². The number of rotatable bonds is 4. The summed E-state index contributed by atoms with van der Waals surface area (Å²) in [5.41, 5.74) is 0.736. The number of methoxy groups -OCH3 is 1. The summed E-state index contributed by atoms with van der Waals surface area (Å²) in [5.74, 6) is 0.289. The fourth-order valence-electron chi connectivity index (χ4n) is 3.86. The Morgan fingerprint density at radius 3 is 2.83 bits per heavy atom. The molecule has 1 saturated heterocycles. The van der Waals surface area contributed by atoms with E-state index in [1.165, 1.54) is 15.6 Å². The molecule has 0 aliphatic carbocycles. The summed E-state index contributed by atoms with van der Waals surface area (Å²) in [7, 11) is -1.81. The Morgan fingerprint density at radius 2 is 2.14 bits per heavy atom. The number of likely N-dealkylation sites (tertiary alicyclic amines) is 1. The van der Waals surface area contributed by atoms with E-state index in [0.717, 1.165) is 12.7 Å². The van der Waals surface area contributed by atoms with Crippen LogP contribution in [0.5, 0.6) is 5.06 Å². The van der Waals surface area contributed by atoms with Crippen molar-refractivity contribution in [3.05, 3.63) is 44.4 Å². The summed E-state index contributed by atoms with van der Waals surface area (Å²) in [4.78, 5) is 35.3. The van der Waals surface area contributed by atoms with E-state index in [2.05, 4.69) is 9.97 Å². The number of nitrogens with one attached hydrogen (secondary N) is 1. The molecule has 1 amide bonds. The lowest BCUT2D eigenvalue weighted by Crippen LogP contribution is -2.39. The van der Waals surface area contributed by atoms with Crippen LogP contribution in [0.1, 0.15) is 45.6 Å². The van der Waals surface area contributed by atoms with Crippen molar-refractivity contribution in [2.24, 2.45) is 0 Å². The number of amides is 1. The minimum atomic E-state index is -3.37. The van der Waals surface area contributed by atoms with Crippen molar-refractivity contribution in [1.29, 1.82) is 0 Å². The Hall–Kier alpha value is -2.24. The predicted octanol–water partition coefficient (Wildman–Crippen LogP) is 1.14. The van der Waals surface area contributed by atoms with E-state index < -0.39 is 10.0 Å². The van der Waals surface area contributed by atoms with Crippen LogP contribution >= 0.6 is 11.3 Å². The molecule has 0 aromatic carbocycles. The van der Waals surface area contributed by atoms with Crippen molar-refractivity contribution in [3.8, 4) is 5.06 Å². The largest absolute Gasteiger partial charge is 0.487 e. The predicted molar refractivity (Wildman–Crippen MR) is 108 cm³/mol. The summed E-state index contributed by atoms with van der Waals surface area (Å²) in [6.45, 7) is 0.915. The molecule has 11 heteroatoms.